The fourth-order valence-electron chi connectivity index (χ4n) is 4.95. The van der Waals surface area contributed by atoms with E-state index in [2.05, 4.69) is 10.6 Å². The highest BCUT2D eigenvalue weighted by atomic mass is 32.1. The predicted molar refractivity (Wildman–Crippen MR) is 145 cm³/mol. The number of rotatable bonds is 8. The second-order valence-electron chi connectivity index (χ2n) is 8.95. The summed E-state index contributed by atoms with van der Waals surface area (Å²) in [7, 11) is 5.81. The number of aromatic nitrogens is 1. The van der Waals surface area contributed by atoms with Crippen LogP contribution in [-0.4, -0.2) is 51.4 Å². The van der Waals surface area contributed by atoms with Gasteiger partial charge in [-0.3, -0.25) is 4.79 Å². The first-order valence-corrected chi connectivity index (χ1v) is 12.8. The van der Waals surface area contributed by atoms with Gasteiger partial charge in [0, 0.05) is 16.6 Å². The Morgan fingerprint density at radius 1 is 1.00 bits per heavy atom. The molecule has 0 saturated carbocycles. The highest BCUT2D eigenvalue weighted by Crippen LogP contribution is 2.42. The van der Waals surface area contributed by atoms with Gasteiger partial charge in [0.05, 0.1) is 51.3 Å². The molecular formula is C28H31N3O6S. The number of hydrogen-bond donors (Lipinski definition) is 2. The van der Waals surface area contributed by atoms with Crippen LogP contribution in [0, 0.1) is 5.92 Å². The van der Waals surface area contributed by atoms with Crippen LogP contribution in [0.1, 0.15) is 19.4 Å². The van der Waals surface area contributed by atoms with Crippen molar-refractivity contribution in [3.63, 3.8) is 0 Å². The molecule has 38 heavy (non-hydrogen) atoms. The molecule has 10 heteroatoms. The predicted octanol–water partition coefficient (Wildman–Crippen LogP) is 4.36. The minimum absolute atomic E-state index is 0.305. The molecule has 2 heterocycles. The van der Waals surface area contributed by atoms with E-state index in [1.807, 2.05) is 60.8 Å². The maximum absolute atomic E-state index is 13.4. The lowest BCUT2D eigenvalue weighted by atomic mass is 9.70. The van der Waals surface area contributed by atoms with Crippen molar-refractivity contribution in [2.24, 2.45) is 5.92 Å². The maximum Gasteiger partial charge on any atom is 0.337 e. The van der Waals surface area contributed by atoms with Gasteiger partial charge in [-0.05, 0) is 37.6 Å². The summed E-state index contributed by atoms with van der Waals surface area (Å²) in [4.78, 5) is 31.1. The first-order valence-electron chi connectivity index (χ1n) is 11.9. The molecular weight excluding hydrogens is 506 g/mol. The Balaban J connectivity index is 1.78. The van der Waals surface area contributed by atoms with E-state index in [9.17, 15) is 9.59 Å². The first-order chi connectivity index (χ1) is 18.3. The molecule has 3 aromatic rings. The molecule has 0 saturated heterocycles. The van der Waals surface area contributed by atoms with Crippen LogP contribution in [0.5, 0.6) is 11.5 Å². The van der Waals surface area contributed by atoms with Crippen LogP contribution in [0.25, 0.3) is 11.3 Å². The van der Waals surface area contributed by atoms with Crippen molar-refractivity contribution in [2.45, 2.75) is 25.4 Å². The Morgan fingerprint density at radius 3 is 2.34 bits per heavy atom. The lowest BCUT2D eigenvalue weighted by Gasteiger charge is -2.46. The molecule has 2 aromatic carbocycles. The monoisotopic (exact) mass is 537 g/mol. The number of anilines is 1. The summed E-state index contributed by atoms with van der Waals surface area (Å²) < 4.78 is 21.1. The van der Waals surface area contributed by atoms with Crippen LogP contribution >= 0.6 is 11.3 Å². The minimum Gasteiger partial charge on any atom is -0.493 e. The quantitative estimate of drug-likeness (QED) is 0.405. The normalized spacial score (nSPS) is 20.8. The third-order valence-electron chi connectivity index (χ3n) is 6.81. The fourth-order valence-corrected chi connectivity index (χ4v) is 5.71. The molecule has 3 unspecified atom stereocenters. The van der Waals surface area contributed by atoms with E-state index in [1.165, 1.54) is 25.6 Å². The van der Waals surface area contributed by atoms with Crippen molar-refractivity contribution < 1.29 is 28.5 Å². The maximum atomic E-state index is 13.4. The van der Waals surface area contributed by atoms with E-state index in [0.717, 1.165) is 11.1 Å². The Bertz CT molecular complexity index is 1360. The lowest BCUT2D eigenvalue weighted by Crippen LogP contribution is -2.60. The van der Waals surface area contributed by atoms with Crippen LogP contribution in [0.3, 0.4) is 0 Å². The van der Waals surface area contributed by atoms with E-state index >= 15 is 0 Å². The largest absolute Gasteiger partial charge is 0.493 e. The standard InChI is InChI=1S/C28H31N3O6S/c1-16-22(25(32)36-5)24(23(26(33)37-6)28(2,31-16)18-10-8-7-9-11-18)30-27-29-19(15-38-27)17-12-13-20(34-3)21(14-17)35-4/h7-15,23-24,31H,1-6H3,(H,29,30). The molecule has 3 atom stereocenters. The number of hydrogen-bond acceptors (Lipinski definition) is 10. The molecule has 1 aliphatic rings. The summed E-state index contributed by atoms with van der Waals surface area (Å²) in [5.41, 5.74) is 2.41. The number of nitrogens with zero attached hydrogens (tertiary/aromatic N) is 1. The number of thiazole rings is 1. The fraction of sp³-hybridized carbons (Fsp3) is 0.321. The molecule has 4 rings (SSSR count). The second-order valence-corrected chi connectivity index (χ2v) is 9.81. The first kappa shape index (κ1) is 27.0. The van der Waals surface area contributed by atoms with E-state index in [4.69, 9.17) is 23.9 Å². The summed E-state index contributed by atoms with van der Waals surface area (Å²) in [6.07, 6.45) is 0. The van der Waals surface area contributed by atoms with Gasteiger partial charge in [0.25, 0.3) is 0 Å². The number of ether oxygens (including phenoxy) is 4. The Kier molecular flexibility index (Phi) is 7.91. The lowest BCUT2D eigenvalue weighted by molar-refractivity contribution is -0.149. The Morgan fingerprint density at radius 2 is 1.71 bits per heavy atom. The zero-order valence-electron chi connectivity index (χ0n) is 22.2. The minimum atomic E-state index is -0.892. The van der Waals surface area contributed by atoms with Gasteiger partial charge < -0.3 is 29.6 Å². The van der Waals surface area contributed by atoms with Crippen molar-refractivity contribution in [1.82, 2.24) is 10.3 Å². The number of allylic oxidation sites excluding steroid dienone is 1. The average Bonchev–Trinajstić information content (AvgIpc) is 3.41. The van der Waals surface area contributed by atoms with Gasteiger partial charge in [0.2, 0.25) is 0 Å². The third-order valence-corrected chi connectivity index (χ3v) is 7.59. The van der Waals surface area contributed by atoms with Gasteiger partial charge >= 0.3 is 11.9 Å². The summed E-state index contributed by atoms with van der Waals surface area (Å²) in [6, 6.07) is 14.4. The summed E-state index contributed by atoms with van der Waals surface area (Å²) in [5.74, 6) is -0.660. The van der Waals surface area contributed by atoms with Gasteiger partial charge in [-0.15, -0.1) is 11.3 Å². The van der Waals surface area contributed by atoms with E-state index in [1.54, 1.807) is 21.1 Å². The topological polar surface area (TPSA) is 108 Å². The van der Waals surface area contributed by atoms with Crippen molar-refractivity contribution in [2.75, 3.05) is 33.8 Å². The second kappa shape index (κ2) is 11.1. The van der Waals surface area contributed by atoms with Crippen LogP contribution in [0.2, 0.25) is 0 Å². The third kappa shape index (κ3) is 4.91. The van der Waals surface area contributed by atoms with Gasteiger partial charge in [0.15, 0.2) is 16.6 Å². The highest BCUT2D eigenvalue weighted by molar-refractivity contribution is 7.14. The molecule has 1 aromatic heterocycles. The van der Waals surface area contributed by atoms with Gasteiger partial charge in [-0.25, -0.2) is 9.78 Å². The van der Waals surface area contributed by atoms with Crippen molar-refractivity contribution in [1.29, 1.82) is 0 Å². The molecule has 2 N–H and O–H groups in total. The summed E-state index contributed by atoms with van der Waals surface area (Å²) in [6.45, 7) is 3.72. The van der Waals surface area contributed by atoms with Crippen LogP contribution < -0.4 is 20.1 Å². The van der Waals surface area contributed by atoms with Crippen molar-refractivity contribution in [3.05, 3.63) is 70.7 Å². The number of benzene rings is 2. The molecule has 0 spiro atoms. The molecule has 0 bridgehead atoms. The molecule has 0 aliphatic carbocycles. The molecule has 9 nitrogen and oxygen atoms in total. The number of nitrogens with one attached hydrogen (secondary N) is 2. The summed E-state index contributed by atoms with van der Waals surface area (Å²) in [5, 5.41) is 9.18. The van der Waals surface area contributed by atoms with Crippen molar-refractivity contribution >= 4 is 28.4 Å². The number of carbonyl (C=O) groups is 2. The molecule has 0 amide bonds. The molecule has 1 aliphatic heterocycles. The van der Waals surface area contributed by atoms with Gasteiger partial charge in [-0.1, -0.05) is 30.3 Å². The number of esters is 2. The smallest absolute Gasteiger partial charge is 0.337 e. The number of carbonyl (C=O) groups excluding carboxylic acids is 2. The van der Waals surface area contributed by atoms with Crippen molar-refractivity contribution in [3.8, 4) is 22.8 Å². The van der Waals surface area contributed by atoms with Crippen LogP contribution in [0.15, 0.2) is 65.2 Å². The summed E-state index contributed by atoms with van der Waals surface area (Å²) >= 11 is 1.36. The van der Waals surface area contributed by atoms with E-state index in [-0.39, 0.29) is 0 Å². The van der Waals surface area contributed by atoms with Gasteiger partial charge in [0.1, 0.15) is 5.92 Å². The Hall–Kier alpha value is -4.05. The van der Waals surface area contributed by atoms with Crippen LogP contribution in [-0.2, 0) is 24.6 Å². The van der Waals surface area contributed by atoms with Crippen LogP contribution in [0.4, 0.5) is 5.13 Å². The molecule has 0 radical (unpaired) electrons. The zero-order chi connectivity index (χ0) is 27.4. The van der Waals surface area contributed by atoms with Gasteiger partial charge in [-0.2, -0.15) is 0 Å². The average molecular weight is 538 g/mol. The van der Waals surface area contributed by atoms with E-state index in [0.29, 0.717) is 33.6 Å². The SMILES string of the molecule is COC(=O)C1=C(C)NC(C)(c2ccccc2)C(C(=O)OC)C1Nc1nc(-c2ccc(OC)c(OC)c2)cs1. The molecule has 200 valence electrons. The van der Waals surface area contributed by atoms with E-state index < -0.39 is 29.4 Å². The highest BCUT2D eigenvalue weighted by Gasteiger charge is 2.52. The molecule has 0 fully saturated rings. The number of methoxy groups -OCH3 is 4. The Labute approximate surface area is 225 Å². The zero-order valence-corrected chi connectivity index (χ0v) is 23.0.